The molecule has 0 bridgehead atoms. The van der Waals surface area contributed by atoms with E-state index in [1.807, 2.05) is 0 Å². The number of carbonyl (C=O) groups excluding carboxylic acids is 1. The van der Waals surface area contributed by atoms with E-state index >= 15 is 0 Å². The highest BCUT2D eigenvalue weighted by Gasteiger charge is 2.15. The van der Waals surface area contributed by atoms with Gasteiger partial charge in [0.15, 0.2) is 0 Å². The summed E-state index contributed by atoms with van der Waals surface area (Å²) in [4.78, 5) is 12.3. The topological polar surface area (TPSA) is 86.7 Å². The molecule has 0 atom stereocenters. The van der Waals surface area contributed by atoms with E-state index in [9.17, 15) is 17.8 Å². The lowest BCUT2D eigenvalue weighted by molar-refractivity contribution is -0.125. The minimum absolute atomic E-state index is 0. The minimum Gasteiger partial charge on any atom is -0.726 e. The average Bonchev–Trinajstić information content (AvgIpc) is 2.51. The smallest absolute Gasteiger partial charge is 0.726 e. The molecule has 0 spiro atoms. The maximum absolute atomic E-state index is 10.7. The van der Waals surface area contributed by atoms with Gasteiger partial charge in [-0.2, -0.15) is 0 Å². The van der Waals surface area contributed by atoms with Crippen molar-refractivity contribution < 1.29 is 23.4 Å². The summed E-state index contributed by atoms with van der Waals surface area (Å²) in [6, 6.07) is 0. The molecular weight excluding hydrogens is 210 g/mol. The van der Waals surface area contributed by atoms with E-state index in [2.05, 4.69) is 10.8 Å². The number of nitrogens with zero attached hydrogens (tertiary/aromatic N) is 1. The van der Waals surface area contributed by atoms with Crippen molar-refractivity contribution in [3.05, 3.63) is 12.8 Å². The molecule has 0 aromatic rings. The quantitative estimate of drug-likeness (QED) is 0.484. The van der Waals surface area contributed by atoms with Crippen LogP contribution in [0.1, 0.15) is 14.3 Å². The van der Waals surface area contributed by atoms with Crippen LogP contribution in [0.5, 0.6) is 0 Å². The molecule has 0 radical (unpaired) electrons. The molecule has 0 aromatic heterocycles. The van der Waals surface area contributed by atoms with Crippen LogP contribution in [0.25, 0.3) is 0 Å². The van der Waals surface area contributed by atoms with E-state index in [0.29, 0.717) is 6.42 Å². The molecule has 0 aliphatic carbocycles. The van der Waals surface area contributed by atoms with Crippen molar-refractivity contribution in [1.29, 1.82) is 0 Å². The Hall–Kier alpha value is -0.920. The van der Waals surface area contributed by atoms with Crippen LogP contribution in [0.4, 0.5) is 0 Å². The Balaban J connectivity index is 0. The Morgan fingerprint density at radius 1 is 1.71 bits per heavy atom. The third-order valence-corrected chi connectivity index (χ3v) is 1.94. The molecular formula is C7H13NO5S. The van der Waals surface area contributed by atoms with Gasteiger partial charge in [-0.15, -0.1) is 0 Å². The van der Waals surface area contributed by atoms with Crippen molar-refractivity contribution >= 4 is 16.3 Å². The van der Waals surface area contributed by atoms with E-state index in [1.54, 1.807) is 11.1 Å². The fourth-order valence-corrected chi connectivity index (χ4v) is 0.862. The van der Waals surface area contributed by atoms with Crippen LogP contribution in [0.2, 0.25) is 0 Å². The summed E-state index contributed by atoms with van der Waals surface area (Å²) in [5.74, 6) is 0.208. The highest BCUT2D eigenvalue weighted by Crippen LogP contribution is 2.08. The number of hydrogen-bond acceptors (Lipinski definition) is 5. The summed E-state index contributed by atoms with van der Waals surface area (Å²) in [6.07, 6.45) is 3.28. The SMILES string of the molecule is C=CN1CCCC1=O.COS(=O)(=O)[O-].[H+]. The molecule has 1 amide bonds. The van der Waals surface area contributed by atoms with E-state index < -0.39 is 10.4 Å². The van der Waals surface area contributed by atoms with Crippen molar-refractivity contribution in [3.8, 4) is 0 Å². The number of carbonyl (C=O) groups is 1. The summed E-state index contributed by atoms with van der Waals surface area (Å²) in [5.41, 5.74) is 0. The van der Waals surface area contributed by atoms with Crippen molar-refractivity contribution in [2.75, 3.05) is 13.7 Å². The lowest BCUT2D eigenvalue weighted by atomic mass is 10.4. The van der Waals surface area contributed by atoms with Gasteiger partial charge in [-0.1, -0.05) is 6.58 Å². The molecule has 1 fully saturated rings. The summed E-state index contributed by atoms with van der Waals surface area (Å²) in [6.45, 7) is 4.36. The Kier molecular flexibility index (Phi) is 5.36. The number of rotatable bonds is 2. The molecule has 14 heavy (non-hydrogen) atoms. The predicted octanol–water partition coefficient (Wildman–Crippen LogP) is -0.0422. The average molecular weight is 223 g/mol. The van der Waals surface area contributed by atoms with Crippen LogP contribution in [-0.2, 0) is 19.4 Å². The van der Waals surface area contributed by atoms with E-state index in [1.165, 1.54) is 0 Å². The maximum atomic E-state index is 10.7. The van der Waals surface area contributed by atoms with Crippen LogP contribution in [0, 0.1) is 0 Å². The van der Waals surface area contributed by atoms with E-state index in [0.717, 1.165) is 20.1 Å². The van der Waals surface area contributed by atoms with Gasteiger partial charge in [0.25, 0.3) is 0 Å². The molecule has 6 nitrogen and oxygen atoms in total. The zero-order chi connectivity index (χ0) is 11.2. The second kappa shape index (κ2) is 5.74. The molecule has 1 aliphatic rings. The molecule has 0 saturated carbocycles. The van der Waals surface area contributed by atoms with Crippen molar-refractivity contribution in [2.24, 2.45) is 0 Å². The summed E-state index contributed by atoms with van der Waals surface area (Å²) >= 11 is 0. The van der Waals surface area contributed by atoms with Gasteiger partial charge in [0.1, 0.15) is 0 Å². The van der Waals surface area contributed by atoms with Crippen LogP contribution in [-0.4, -0.2) is 37.4 Å². The molecule has 7 heteroatoms. The zero-order valence-electron chi connectivity index (χ0n) is 8.80. The standard InChI is InChI=1S/C6H9NO.CH4O4S/c1-2-7-5-3-4-6(7)8;1-5-6(2,3)4/h2H,1,3-5H2;1H3,(H,2,3,4). The predicted molar refractivity (Wildman–Crippen MR) is 49.0 cm³/mol. The summed E-state index contributed by atoms with van der Waals surface area (Å²) < 4.78 is 31.0. The van der Waals surface area contributed by atoms with Crippen molar-refractivity contribution in [3.63, 3.8) is 0 Å². The Morgan fingerprint density at radius 3 is 2.36 bits per heavy atom. The molecule has 1 saturated heterocycles. The molecule has 0 aromatic carbocycles. The summed E-state index contributed by atoms with van der Waals surface area (Å²) in [5, 5.41) is 0. The van der Waals surface area contributed by atoms with Crippen molar-refractivity contribution in [2.45, 2.75) is 12.8 Å². The van der Waals surface area contributed by atoms with Crippen LogP contribution in [0.15, 0.2) is 12.8 Å². The zero-order valence-corrected chi connectivity index (χ0v) is 8.62. The molecule has 1 rings (SSSR count). The van der Waals surface area contributed by atoms with Gasteiger partial charge >= 0.3 is 1.43 Å². The Morgan fingerprint density at radius 2 is 2.21 bits per heavy atom. The maximum Gasteiger partial charge on any atom is 1.00 e. The van der Waals surface area contributed by atoms with Gasteiger partial charge in [-0.05, 0) is 12.6 Å². The van der Waals surface area contributed by atoms with Gasteiger partial charge in [-0.25, -0.2) is 8.42 Å². The molecule has 0 unspecified atom stereocenters. The van der Waals surface area contributed by atoms with Crippen LogP contribution < -0.4 is 0 Å². The normalized spacial score (nSPS) is 16.1. The van der Waals surface area contributed by atoms with E-state index in [-0.39, 0.29) is 7.33 Å². The molecule has 0 N–H and O–H groups in total. The van der Waals surface area contributed by atoms with Gasteiger partial charge in [0.2, 0.25) is 16.3 Å². The van der Waals surface area contributed by atoms with E-state index in [4.69, 9.17) is 0 Å². The minimum atomic E-state index is -4.41. The van der Waals surface area contributed by atoms with Crippen molar-refractivity contribution in [1.82, 2.24) is 4.90 Å². The Labute approximate surface area is 84.6 Å². The first-order chi connectivity index (χ1) is 6.40. The number of amides is 1. The first-order valence-electron chi connectivity index (χ1n) is 3.84. The van der Waals surface area contributed by atoms with Crippen LogP contribution in [0.3, 0.4) is 0 Å². The number of likely N-dealkylation sites (tertiary alicyclic amines) is 1. The third kappa shape index (κ3) is 5.68. The van der Waals surface area contributed by atoms with Gasteiger partial charge in [0.05, 0.1) is 7.11 Å². The number of hydrogen-bond donors (Lipinski definition) is 0. The van der Waals surface area contributed by atoms with Gasteiger partial charge in [-0.3, -0.25) is 8.98 Å². The monoisotopic (exact) mass is 223 g/mol. The van der Waals surface area contributed by atoms with Gasteiger partial charge in [0, 0.05) is 13.0 Å². The third-order valence-electron chi connectivity index (χ3n) is 1.53. The highest BCUT2D eigenvalue weighted by molar-refractivity contribution is 7.80. The molecule has 1 aliphatic heterocycles. The lowest BCUT2D eigenvalue weighted by Crippen LogP contribution is -2.16. The fourth-order valence-electron chi connectivity index (χ4n) is 0.862. The Bertz CT molecular complexity index is 303. The second-order valence-corrected chi connectivity index (χ2v) is 3.60. The first kappa shape index (κ1) is 13.1. The lowest BCUT2D eigenvalue weighted by Gasteiger charge is -2.05. The van der Waals surface area contributed by atoms with Crippen LogP contribution >= 0.6 is 0 Å². The first-order valence-corrected chi connectivity index (χ1v) is 5.17. The highest BCUT2D eigenvalue weighted by atomic mass is 32.3. The molecule has 82 valence electrons. The molecule has 1 heterocycles. The largest absolute Gasteiger partial charge is 1.00 e. The van der Waals surface area contributed by atoms with Gasteiger partial charge < -0.3 is 9.45 Å². The second-order valence-electron chi connectivity index (χ2n) is 2.45. The fraction of sp³-hybridized carbons (Fsp3) is 0.571. The summed E-state index contributed by atoms with van der Waals surface area (Å²) in [7, 11) is -3.60.